The van der Waals surface area contributed by atoms with Crippen LogP contribution in [0.3, 0.4) is 0 Å². The Morgan fingerprint density at radius 2 is 2.22 bits per heavy atom. The van der Waals surface area contributed by atoms with Crippen molar-refractivity contribution in [3.05, 3.63) is 30.0 Å². The van der Waals surface area contributed by atoms with E-state index in [9.17, 15) is 4.79 Å². The van der Waals surface area contributed by atoms with Crippen LogP contribution in [0, 0.1) is 0 Å². The van der Waals surface area contributed by atoms with Crippen molar-refractivity contribution in [1.29, 1.82) is 0 Å². The largest absolute Gasteiger partial charge is 0.454 e. The first-order chi connectivity index (χ1) is 8.74. The van der Waals surface area contributed by atoms with E-state index in [4.69, 9.17) is 15.2 Å². The molecule has 0 radical (unpaired) electrons. The number of nitrogens with one attached hydrogen (secondary N) is 2. The number of fused-ring (bicyclic) bond motifs is 1. The molecule has 92 valence electrons. The first kappa shape index (κ1) is 10.5. The van der Waals surface area contributed by atoms with Gasteiger partial charge in [0.15, 0.2) is 11.5 Å². The molecule has 0 unspecified atom stereocenters. The Morgan fingerprint density at radius 3 is 3.00 bits per heavy atom. The summed E-state index contributed by atoms with van der Waals surface area (Å²) in [6.07, 6.45) is 1.37. The Bertz CT molecular complexity index is 608. The van der Waals surface area contributed by atoms with Crippen molar-refractivity contribution in [2.75, 3.05) is 17.8 Å². The lowest BCUT2D eigenvalue weighted by Crippen LogP contribution is -2.12. The second-order valence-corrected chi connectivity index (χ2v) is 3.72. The van der Waals surface area contributed by atoms with Gasteiger partial charge >= 0.3 is 0 Å². The molecule has 1 aliphatic heterocycles. The average Bonchev–Trinajstić information content (AvgIpc) is 2.96. The van der Waals surface area contributed by atoms with Gasteiger partial charge in [-0.2, -0.15) is 5.10 Å². The van der Waals surface area contributed by atoms with Crippen LogP contribution in [0.25, 0.3) is 0 Å². The number of rotatable bonds is 2. The summed E-state index contributed by atoms with van der Waals surface area (Å²) in [5.41, 5.74) is 6.46. The van der Waals surface area contributed by atoms with Gasteiger partial charge in [0.2, 0.25) is 6.79 Å². The molecule has 0 saturated heterocycles. The van der Waals surface area contributed by atoms with E-state index in [0.717, 1.165) is 0 Å². The number of anilines is 2. The van der Waals surface area contributed by atoms with Gasteiger partial charge in [-0.1, -0.05) is 0 Å². The van der Waals surface area contributed by atoms with Gasteiger partial charge < -0.3 is 20.5 Å². The summed E-state index contributed by atoms with van der Waals surface area (Å²) in [6.45, 7) is 0.196. The molecule has 4 N–H and O–H groups in total. The molecular formula is C11H10N4O3. The zero-order chi connectivity index (χ0) is 12.5. The van der Waals surface area contributed by atoms with E-state index in [-0.39, 0.29) is 18.5 Å². The number of H-pyrrole nitrogens is 1. The molecule has 7 nitrogen and oxygen atoms in total. The molecule has 18 heavy (non-hydrogen) atoms. The third-order valence-corrected chi connectivity index (χ3v) is 2.54. The molecule has 1 aromatic heterocycles. The molecule has 0 atom stereocenters. The maximum atomic E-state index is 11.9. The lowest BCUT2D eigenvalue weighted by atomic mass is 10.2. The minimum absolute atomic E-state index is 0.196. The minimum Gasteiger partial charge on any atom is -0.454 e. The Labute approximate surface area is 102 Å². The van der Waals surface area contributed by atoms with E-state index in [0.29, 0.717) is 22.7 Å². The lowest BCUT2D eigenvalue weighted by molar-refractivity contribution is 0.102. The van der Waals surface area contributed by atoms with Gasteiger partial charge in [-0.05, 0) is 12.1 Å². The summed E-state index contributed by atoms with van der Waals surface area (Å²) in [5.74, 6) is 1.16. The maximum absolute atomic E-state index is 11.9. The SMILES string of the molecule is Nc1[nH]ncc1C(=O)Nc1ccc2c(c1)OCO2. The standard InChI is InChI=1S/C11H10N4O3/c12-10-7(4-13-15-10)11(16)14-6-1-2-8-9(3-6)18-5-17-8/h1-4H,5H2,(H,14,16)(H3,12,13,15). The van der Waals surface area contributed by atoms with Gasteiger partial charge in [0.1, 0.15) is 11.4 Å². The topological polar surface area (TPSA) is 102 Å². The number of carbonyl (C=O) groups is 1. The zero-order valence-electron chi connectivity index (χ0n) is 9.27. The van der Waals surface area contributed by atoms with Crippen LogP contribution in [0.1, 0.15) is 10.4 Å². The van der Waals surface area contributed by atoms with Crippen molar-refractivity contribution in [2.45, 2.75) is 0 Å². The molecule has 0 saturated carbocycles. The monoisotopic (exact) mass is 246 g/mol. The summed E-state index contributed by atoms with van der Waals surface area (Å²) in [5, 5.41) is 8.89. The van der Waals surface area contributed by atoms with Crippen LogP contribution in [0.2, 0.25) is 0 Å². The van der Waals surface area contributed by atoms with Crippen LogP contribution in [0.4, 0.5) is 11.5 Å². The van der Waals surface area contributed by atoms with E-state index < -0.39 is 0 Å². The molecule has 3 rings (SSSR count). The van der Waals surface area contributed by atoms with E-state index in [1.807, 2.05) is 0 Å². The molecule has 0 spiro atoms. The Kier molecular flexibility index (Phi) is 2.30. The highest BCUT2D eigenvalue weighted by molar-refractivity contribution is 6.07. The summed E-state index contributed by atoms with van der Waals surface area (Å²) in [6, 6.07) is 5.15. The fourth-order valence-electron chi connectivity index (χ4n) is 1.65. The zero-order valence-corrected chi connectivity index (χ0v) is 9.27. The van der Waals surface area contributed by atoms with Crippen molar-refractivity contribution >= 4 is 17.4 Å². The summed E-state index contributed by atoms with van der Waals surface area (Å²) >= 11 is 0. The van der Waals surface area contributed by atoms with Crippen molar-refractivity contribution in [3.8, 4) is 11.5 Å². The number of hydrogen-bond acceptors (Lipinski definition) is 5. The first-order valence-electron chi connectivity index (χ1n) is 5.24. The van der Waals surface area contributed by atoms with Crippen LogP contribution in [0.5, 0.6) is 11.5 Å². The Morgan fingerprint density at radius 1 is 1.39 bits per heavy atom. The van der Waals surface area contributed by atoms with Gasteiger partial charge in [0.25, 0.3) is 5.91 Å². The molecule has 0 fully saturated rings. The quantitative estimate of drug-likeness (QED) is 0.732. The summed E-state index contributed by atoms with van der Waals surface area (Å²) in [4.78, 5) is 11.9. The minimum atomic E-state index is -0.333. The highest BCUT2D eigenvalue weighted by atomic mass is 16.7. The fraction of sp³-hybridized carbons (Fsp3) is 0.0909. The molecule has 0 bridgehead atoms. The average molecular weight is 246 g/mol. The van der Waals surface area contributed by atoms with Crippen LogP contribution < -0.4 is 20.5 Å². The summed E-state index contributed by atoms with van der Waals surface area (Å²) in [7, 11) is 0. The molecular weight excluding hydrogens is 236 g/mol. The van der Waals surface area contributed by atoms with Crippen molar-refractivity contribution in [3.63, 3.8) is 0 Å². The molecule has 0 aliphatic carbocycles. The molecule has 1 amide bonds. The highest BCUT2D eigenvalue weighted by Gasteiger charge is 2.16. The lowest BCUT2D eigenvalue weighted by Gasteiger charge is -2.05. The van der Waals surface area contributed by atoms with Crippen LogP contribution >= 0.6 is 0 Å². The maximum Gasteiger partial charge on any atom is 0.261 e. The van der Waals surface area contributed by atoms with Gasteiger partial charge in [-0.3, -0.25) is 9.89 Å². The third kappa shape index (κ3) is 1.71. The number of nitrogens with two attached hydrogens (primary N) is 1. The first-order valence-corrected chi connectivity index (χ1v) is 5.24. The number of aromatic nitrogens is 2. The number of benzene rings is 1. The second kappa shape index (κ2) is 3.95. The number of amides is 1. The Balaban J connectivity index is 1.81. The van der Waals surface area contributed by atoms with Gasteiger partial charge in [0.05, 0.1) is 6.20 Å². The van der Waals surface area contributed by atoms with Crippen molar-refractivity contribution in [1.82, 2.24) is 10.2 Å². The molecule has 1 aliphatic rings. The summed E-state index contributed by atoms with van der Waals surface area (Å²) < 4.78 is 10.4. The number of nitrogen functional groups attached to an aromatic ring is 1. The third-order valence-electron chi connectivity index (χ3n) is 2.54. The highest BCUT2D eigenvalue weighted by Crippen LogP contribution is 2.34. The smallest absolute Gasteiger partial charge is 0.261 e. The van der Waals surface area contributed by atoms with E-state index in [1.54, 1.807) is 18.2 Å². The van der Waals surface area contributed by atoms with Gasteiger partial charge in [-0.15, -0.1) is 0 Å². The van der Waals surface area contributed by atoms with Gasteiger partial charge in [-0.25, -0.2) is 0 Å². The van der Waals surface area contributed by atoms with Crippen LogP contribution in [0.15, 0.2) is 24.4 Å². The van der Waals surface area contributed by atoms with E-state index in [1.165, 1.54) is 6.20 Å². The number of carbonyl (C=O) groups excluding carboxylic acids is 1. The Hall–Kier alpha value is -2.70. The van der Waals surface area contributed by atoms with Gasteiger partial charge in [0, 0.05) is 11.8 Å². The van der Waals surface area contributed by atoms with E-state index >= 15 is 0 Å². The van der Waals surface area contributed by atoms with Crippen LogP contribution in [-0.2, 0) is 0 Å². The number of aromatic amines is 1. The van der Waals surface area contributed by atoms with E-state index in [2.05, 4.69) is 15.5 Å². The molecule has 2 heterocycles. The molecule has 2 aromatic rings. The van der Waals surface area contributed by atoms with Crippen molar-refractivity contribution < 1.29 is 14.3 Å². The predicted octanol–water partition coefficient (Wildman–Crippen LogP) is 0.973. The van der Waals surface area contributed by atoms with Crippen molar-refractivity contribution in [2.24, 2.45) is 0 Å². The normalized spacial score (nSPS) is 12.4. The second-order valence-electron chi connectivity index (χ2n) is 3.72. The molecule has 1 aromatic carbocycles. The fourth-order valence-corrected chi connectivity index (χ4v) is 1.65. The molecule has 7 heteroatoms. The predicted molar refractivity (Wildman–Crippen MR) is 63.5 cm³/mol. The number of hydrogen-bond donors (Lipinski definition) is 3. The number of nitrogens with zero attached hydrogens (tertiary/aromatic N) is 1. The van der Waals surface area contributed by atoms with Crippen LogP contribution in [-0.4, -0.2) is 22.9 Å². The number of ether oxygens (including phenoxy) is 2.